The first kappa shape index (κ1) is 9.83. The minimum atomic E-state index is 0.684. The van der Waals surface area contributed by atoms with Gasteiger partial charge in [0.15, 0.2) is 0 Å². The monoisotopic (exact) mass is 206 g/mol. The third kappa shape index (κ3) is 1.73. The molecule has 0 bridgehead atoms. The Morgan fingerprint density at radius 2 is 2.07 bits per heavy atom. The maximum Gasteiger partial charge on any atom is 0.0529 e. The smallest absolute Gasteiger partial charge is 0.0529 e. The van der Waals surface area contributed by atoms with Crippen LogP contribution in [0.1, 0.15) is 38.5 Å². The van der Waals surface area contributed by atoms with Crippen molar-refractivity contribution in [1.29, 1.82) is 0 Å². The van der Waals surface area contributed by atoms with Gasteiger partial charge in [-0.2, -0.15) is 0 Å². The van der Waals surface area contributed by atoms with Crippen LogP contribution in [0.15, 0.2) is 4.99 Å². The highest BCUT2D eigenvalue weighted by atomic mass is 15.1. The average Bonchev–Trinajstić information content (AvgIpc) is 2.61. The van der Waals surface area contributed by atoms with Crippen LogP contribution in [0.3, 0.4) is 0 Å². The predicted octanol–water partition coefficient (Wildman–Crippen LogP) is 2.34. The molecule has 1 aliphatic carbocycles. The van der Waals surface area contributed by atoms with Gasteiger partial charge in [0.05, 0.1) is 6.04 Å². The second kappa shape index (κ2) is 3.58. The van der Waals surface area contributed by atoms with Gasteiger partial charge in [-0.05, 0) is 76.2 Å². The summed E-state index contributed by atoms with van der Waals surface area (Å²) in [5.41, 5.74) is 0.684. The van der Waals surface area contributed by atoms with E-state index in [1.54, 1.807) is 0 Å². The Morgan fingerprint density at radius 1 is 1.27 bits per heavy atom. The van der Waals surface area contributed by atoms with Gasteiger partial charge >= 0.3 is 0 Å². The fourth-order valence-electron chi connectivity index (χ4n) is 3.85. The summed E-state index contributed by atoms with van der Waals surface area (Å²) in [5, 5.41) is 0. The number of hydrogen-bond acceptors (Lipinski definition) is 2. The maximum absolute atomic E-state index is 4.72. The van der Waals surface area contributed by atoms with Crippen molar-refractivity contribution in [2.75, 3.05) is 20.1 Å². The lowest BCUT2D eigenvalue weighted by atomic mass is 9.76. The summed E-state index contributed by atoms with van der Waals surface area (Å²) in [4.78, 5) is 7.20. The molecule has 3 rings (SSSR count). The van der Waals surface area contributed by atoms with Crippen molar-refractivity contribution in [1.82, 2.24) is 4.90 Å². The van der Waals surface area contributed by atoms with Gasteiger partial charge in [-0.1, -0.05) is 0 Å². The summed E-state index contributed by atoms with van der Waals surface area (Å²) in [5.74, 6) is 0.929. The molecule has 0 aromatic rings. The molecule has 2 heteroatoms. The summed E-state index contributed by atoms with van der Waals surface area (Å²) in [7, 11) is 2.26. The van der Waals surface area contributed by atoms with Crippen molar-refractivity contribution < 1.29 is 0 Å². The van der Waals surface area contributed by atoms with E-state index in [0.29, 0.717) is 11.5 Å². The minimum absolute atomic E-state index is 0.684. The van der Waals surface area contributed by atoms with E-state index < -0.39 is 0 Å². The Hall–Kier alpha value is -0.370. The van der Waals surface area contributed by atoms with Gasteiger partial charge in [-0.3, -0.25) is 4.99 Å². The molecule has 3 aliphatic rings. The first-order chi connectivity index (χ1) is 7.27. The third-order valence-electron chi connectivity index (χ3n) is 4.89. The Balaban J connectivity index is 1.71. The molecular formula is C13H22N2. The minimum Gasteiger partial charge on any atom is -0.306 e. The Morgan fingerprint density at radius 3 is 2.80 bits per heavy atom. The van der Waals surface area contributed by atoms with Crippen molar-refractivity contribution in [2.45, 2.75) is 44.6 Å². The van der Waals surface area contributed by atoms with E-state index in [1.807, 2.05) is 0 Å². The van der Waals surface area contributed by atoms with Gasteiger partial charge < -0.3 is 4.90 Å². The van der Waals surface area contributed by atoms with Crippen LogP contribution in [-0.2, 0) is 0 Å². The molecule has 15 heavy (non-hydrogen) atoms. The Labute approximate surface area is 92.8 Å². The molecule has 0 N–H and O–H groups in total. The molecule has 1 saturated heterocycles. The van der Waals surface area contributed by atoms with Crippen LogP contribution >= 0.6 is 0 Å². The molecule has 2 aliphatic heterocycles. The Kier molecular flexibility index (Phi) is 2.35. The van der Waals surface area contributed by atoms with Crippen LogP contribution in [0.5, 0.6) is 0 Å². The van der Waals surface area contributed by atoms with Gasteiger partial charge in [0.1, 0.15) is 0 Å². The topological polar surface area (TPSA) is 15.6 Å². The maximum atomic E-state index is 4.72. The van der Waals surface area contributed by atoms with Gasteiger partial charge in [-0.25, -0.2) is 0 Å². The molecule has 1 spiro atoms. The zero-order chi connectivity index (χ0) is 10.3. The second-order valence-electron chi connectivity index (χ2n) is 5.95. The molecule has 84 valence electrons. The van der Waals surface area contributed by atoms with Crippen molar-refractivity contribution >= 4 is 6.21 Å². The van der Waals surface area contributed by atoms with E-state index in [4.69, 9.17) is 4.99 Å². The largest absolute Gasteiger partial charge is 0.306 e. The second-order valence-corrected chi connectivity index (χ2v) is 5.95. The van der Waals surface area contributed by atoms with E-state index in [0.717, 1.165) is 5.92 Å². The van der Waals surface area contributed by atoms with Crippen LogP contribution in [-0.4, -0.2) is 37.3 Å². The van der Waals surface area contributed by atoms with E-state index in [2.05, 4.69) is 18.2 Å². The van der Waals surface area contributed by atoms with Crippen molar-refractivity contribution in [3.8, 4) is 0 Å². The lowest BCUT2D eigenvalue weighted by molar-refractivity contribution is 0.123. The summed E-state index contributed by atoms with van der Waals surface area (Å²) in [6, 6.07) is 0.696. The van der Waals surface area contributed by atoms with Crippen molar-refractivity contribution in [2.24, 2.45) is 16.3 Å². The van der Waals surface area contributed by atoms with E-state index in [9.17, 15) is 0 Å². The standard InChI is InChI=1S/C13H22N2/c1-15-7-4-13(5-8-15)9-11-3-2-6-14-12(11)10-13/h6,11-12H,2-5,7-10H2,1H3. The fraction of sp³-hybridized carbons (Fsp3) is 0.923. The number of hydrogen-bond donors (Lipinski definition) is 0. The van der Waals surface area contributed by atoms with Crippen LogP contribution in [0.2, 0.25) is 0 Å². The lowest BCUT2D eigenvalue weighted by Crippen LogP contribution is -2.36. The van der Waals surface area contributed by atoms with E-state index in [-0.39, 0.29) is 0 Å². The Bertz CT molecular complexity index is 264. The zero-order valence-corrected chi connectivity index (χ0v) is 9.78. The number of piperidine rings is 1. The summed E-state index contributed by atoms with van der Waals surface area (Å²) in [6.45, 7) is 2.62. The summed E-state index contributed by atoms with van der Waals surface area (Å²) in [6.07, 6.45) is 10.5. The summed E-state index contributed by atoms with van der Waals surface area (Å²) >= 11 is 0. The molecular weight excluding hydrogens is 184 g/mol. The van der Waals surface area contributed by atoms with Crippen molar-refractivity contribution in [3.05, 3.63) is 0 Å². The van der Waals surface area contributed by atoms with Crippen LogP contribution in [0.25, 0.3) is 0 Å². The molecule has 2 unspecified atom stereocenters. The van der Waals surface area contributed by atoms with Crippen LogP contribution < -0.4 is 0 Å². The summed E-state index contributed by atoms with van der Waals surface area (Å²) < 4.78 is 0. The highest BCUT2D eigenvalue weighted by Crippen LogP contribution is 2.51. The molecule has 2 nitrogen and oxygen atoms in total. The molecule has 1 saturated carbocycles. The normalized spacial score (nSPS) is 39.5. The number of fused-ring (bicyclic) bond motifs is 1. The first-order valence-electron chi connectivity index (χ1n) is 6.48. The molecule has 0 amide bonds. The molecule has 0 radical (unpaired) electrons. The zero-order valence-electron chi connectivity index (χ0n) is 9.78. The highest BCUT2D eigenvalue weighted by molar-refractivity contribution is 5.58. The first-order valence-corrected chi connectivity index (χ1v) is 6.48. The number of nitrogens with zero attached hydrogens (tertiary/aromatic N) is 2. The fourth-order valence-corrected chi connectivity index (χ4v) is 3.85. The third-order valence-corrected chi connectivity index (χ3v) is 4.89. The van der Waals surface area contributed by atoms with E-state index in [1.165, 1.54) is 51.6 Å². The number of rotatable bonds is 0. The van der Waals surface area contributed by atoms with Gasteiger partial charge in [0, 0.05) is 0 Å². The van der Waals surface area contributed by atoms with Gasteiger partial charge in [0.2, 0.25) is 0 Å². The molecule has 2 fully saturated rings. The molecule has 2 atom stereocenters. The SMILES string of the molecule is CN1CCC2(CC1)CC1CCC=NC1C2. The van der Waals surface area contributed by atoms with Crippen molar-refractivity contribution in [3.63, 3.8) is 0 Å². The predicted molar refractivity (Wildman–Crippen MR) is 63.4 cm³/mol. The molecule has 0 aromatic carbocycles. The molecule has 2 heterocycles. The van der Waals surface area contributed by atoms with Gasteiger partial charge in [-0.15, -0.1) is 0 Å². The van der Waals surface area contributed by atoms with Crippen LogP contribution in [0.4, 0.5) is 0 Å². The molecule has 0 aromatic heterocycles. The quantitative estimate of drug-likeness (QED) is 0.594. The highest BCUT2D eigenvalue weighted by Gasteiger charge is 2.46. The number of likely N-dealkylation sites (tertiary alicyclic amines) is 1. The lowest BCUT2D eigenvalue weighted by Gasteiger charge is -2.38. The number of aliphatic imine (C=N–C) groups is 1. The van der Waals surface area contributed by atoms with E-state index >= 15 is 0 Å². The average molecular weight is 206 g/mol. The van der Waals surface area contributed by atoms with Crippen LogP contribution in [0, 0.1) is 11.3 Å². The van der Waals surface area contributed by atoms with Gasteiger partial charge in [0.25, 0.3) is 0 Å².